The molecule has 1 heterocycles. The van der Waals surface area contributed by atoms with Crippen molar-refractivity contribution in [1.82, 2.24) is 4.90 Å². The normalized spacial score (nSPS) is 23.1. The number of hydrogen-bond acceptors (Lipinski definition) is 2. The molecule has 4 nitrogen and oxygen atoms in total. The number of carboxylic acids is 1. The SMILES string of the molecule is CCC1(C(=O)N2Cc3ccccc3C(C(=O)O)C2)CCC1. The van der Waals surface area contributed by atoms with Crippen LogP contribution < -0.4 is 0 Å². The molecule has 0 saturated heterocycles. The van der Waals surface area contributed by atoms with Crippen molar-refractivity contribution in [3.63, 3.8) is 0 Å². The van der Waals surface area contributed by atoms with Gasteiger partial charge in [-0.1, -0.05) is 37.6 Å². The topological polar surface area (TPSA) is 57.6 Å². The molecule has 1 unspecified atom stereocenters. The predicted octanol–water partition coefficient (Wildman–Crippen LogP) is 2.78. The van der Waals surface area contributed by atoms with Crippen LogP contribution in [-0.2, 0) is 16.1 Å². The van der Waals surface area contributed by atoms with Gasteiger partial charge in [0, 0.05) is 18.5 Å². The smallest absolute Gasteiger partial charge is 0.312 e. The number of amides is 1. The first-order valence-corrected chi connectivity index (χ1v) is 7.67. The third-order valence-corrected chi connectivity index (χ3v) is 5.22. The van der Waals surface area contributed by atoms with E-state index in [1.165, 1.54) is 0 Å². The molecule has 112 valence electrons. The van der Waals surface area contributed by atoms with Gasteiger partial charge in [0.2, 0.25) is 5.91 Å². The van der Waals surface area contributed by atoms with Crippen LogP contribution >= 0.6 is 0 Å². The summed E-state index contributed by atoms with van der Waals surface area (Å²) in [5.74, 6) is -1.30. The number of rotatable bonds is 3. The maximum Gasteiger partial charge on any atom is 0.312 e. The van der Waals surface area contributed by atoms with Crippen molar-refractivity contribution in [2.75, 3.05) is 6.54 Å². The molecule has 21 heavy (non-hydrogen) atoms. The summed E-state index contributed by atoms with van der Waals surface area (Å²) in [5.41, 5.74) is 1.60. The van der Waals surface area contributed by atoms with Crippen molar-refractivity contribution in [1.29, 1.82) is 0 Å². The summed E-state index contributed by atoms with van der Waals surface area (Å²) in [6.45, 7) is 2.90. The van der Waals surface area contributed by atoms with Gasteiger partial charge in [0.05, 0.1) is 5.92 Å². The van der Waals surface area contributed by atoms with E-state index >= 15 is 0 Å². The molecule has 1 aliphatic heterocycles. The van der Waals surface area contributed by atoms with Gasteiger partial charge in [-0.05, 0) is 30.4 Å². The Balaban J connectivity index is 1.90. The average molecular weight is 287 g/mol. The molecule has 1 aliphatic carbocycles. The summed E-state index contributed by atoms with van der Waals surface area (Å²) in [7, 11) is 0. The summed E-state index contributed by atoms with van der Waals surface area (Å²) < 4.78 is 0. The molecule has 3 rings (SSSR count). The molecule has 1 amide bonds. The largest absolute Gasteiger partial charge is 0.481 e. The van der Waals surface area contributed by atoms with Crippen molar-refractivity contribution < 1.29 is 14.7 Å². The number of hydrogen-bond donors (Lipinski definition) is 1. The van der Waals surface area contributed by atoms with Gasteiger partial charge in [-0.2, -0.15) is 0 Å². The highest BCUT2D eigenvalue weighted by molar-refractivity contribution is 5.86. The Hall–Kier alpha value is -1.84. The number of nitrogens with zero attached hydrogens (tertiary/aromatic N) is 1. The van der Waals surface area contributed by atoms with Crippen LogP contribution in [0.25, 0.3) is 0 Å². The Morgan fingerprint density at radius 2 is 2.05 bits per heavy atom. The van der Waals surface area contributed by atoms with Crippen LogP contribution in [-0.4, -0.2) is 28.4 Å². The Morgan fingerprint density at radius 1 is 1.33 bits per heavy atom. The maximum absolute atomic E-state index is 12.8. The van der Waals surface area contributed by atoms with Gasteiger partial charge in [-0.25, -0.2) is 0 Å². The highest BCUT2D eigenvalue weighted by atomic mass is 16.4. The molecular weight excluding hydrogens is 266 g/mol. The van der Waals surface area contributed by atoms with E-state index in [1.807, 2.05) is 24.3 Å². The Morgan fingerprint density at radius 3 is 2.62 bits per heavy atom. The Bertz CT molecular complexity index is 572. The first kappa shape index (κ1) is 14.1. The monoisotopic (exact) mass is 287 g/mol. The second kappa shape index (κ2) is 5.17. The molecule has 1 saturated carbocycles. The van der Waals surface area contributed by atoms with Crippen LogP contribution in [0.2, 0.25) is 0 Å². The Kier molecular flexibility index (Phi) is 3.47. The summed E-state index contributed by atoms with van der Waals surface area (Å²) in [5, 5.41) is 9.48. The molecule has 2 aliphatic rings. The first-order chi connectivity index (χ1) is 10.1. The molecule has 0 radical (unpaired) electrons. The summed E-state index contributed by atoms with van der Waals surface area (Å²) in [4.78, 5) is 26.2. The quantitative estimate of drug-likeness (QED) is 0.930. The van der Waals surface area contributed by atoms with Crippen LogP contribution in [0.3, 0.4) is 0 Å². The van der Waals surface area contributed by atoms with Gasteiger partial charge in [-0.15, -0.1) is 0 Å². The van der Waals surface area contributed by atoms with Crippen LogP contribution in [0.4, 0.5) is 0 Å². The van der Waals surface area contributed by atoms with Gasteiger partial charge >= 0.3 is 5.97 Å². The zero-order valence-electron chi connectivity index (χ0n) is 12.3. The molecule has 0 bridgehead atoms. The van der Waals surface area contributed by atoms with Crippen molar-refractivity contribution in [2.45, 2.75) is 45.1 Å². The van der Waals surface area contributed by atoms with Crippen LogP contribution in [0.15, 0.2) is 24.3 Å². The van der Waals surface area contributed by atoms with Crippen molar-refractivity contribution in [2.24, 2.45) is 5.41 Å². The van der Waals surface area contributed by atoms with E-state index in [0.29, 0.717) is 13.1 Å². The summed E-state index contributed by atoms with van der Waals surface area (Å²) in [6.07, 6.45) is 3.84. The summed E-state index contributed by atoms with van der Waals surface area (Å²) >= 11 is 0. The van der Waals surface area contributed by atoms with E-state index in [1.54, 1.807) is 4.90 Å². The number of fused-ring (bicyclic) bond motifs is 1. The fourth-order valence-corrected chi connectivity index (χ4v) is 3.63. The number of benzene rings is 1. The first-order valence-electron chi connectivity index (χ1n) is 7.67. The number of carbonyl (C=O) groups is 2. The zero-order valence-corrected chi connectivity index (χ0v) is 12.3. The minimum absolute atomic E-state index is 0.150. The van der Waals surface area contributed by atoms with Crippen LogP contribution in [0.1, 0.15) is 49.7 Å². The molecule has 1 aromatic rings. The van der Waals surface area contributed by atoms with Gasteiger partial charge in [0.1, 0.15) is 0 Å². The van der Waals surface area contributed by atoms with E-state index in [-0.39, 0.29) is 11.3 Å². The molecular formula is C17H21NO3. The number of carboxylic acid groups (broad SMARTS) is 1. The lowest BCUT2D eigenvalue weighted by molar-refractivity contribution is -0.151. The van der Waals surface area contributed by atoms with E-state index in [4.69, 9.17) is 0 Å². The number of carbonyl (C=O) groups excluding carboxylic acids is 1. The molecule has 4 heteroatoms. The zero-order chi connectivity index (χ0) is 15.0. The van der Waals surface area contributed by atoms with Gasteiger partial charge in [0.15, 0.2) is 0 Å². The van der Waals surface area contributed by atoms with Crippen molar-refractivity contribution in [3.05, 3.63) is 35.4 Å². The highest BCUT2D eigenvalue weighted by Crippen LogP contribution is 2.46. The lowest BCUT2D eigenvalue weighted by Crippen LogP contribution is -2.50. The molecule has 1 fully saturated rings. The molecule has 0 spiro atoms. The molecule has 1 N–H and O–H groups in total. The lowest BCUT2D eigenvalue weighted by atomic mass is 9.66. The summed E-state index contributed by atoms with van der Waals surface area (Å²) in [6, 6.07) is 7.58. The van der Waals surface area contributed by atoms with Gasteiger partial charge in [-0.3, -0.25) is 9.59 Å². The third-order valence-electron chi connectivity index (χ3n) is 5.22. The minimum Gasteiger partial charge on any atom is -0.481 e. The number of aliphatic carboxylic acids is 1. The van der Waals surface area contributed by atoms with E-state index in [9.17, 15) is 14.7 Å². The van der Waals surface area contributed by atoms with E-state index in [2.05, 4.69) is 6.92 Å². The standard InChI is InChI=1S/C17H21NO3/c1-2-17(8-5-9-17)16(21)18-10-12-6-3-4-7-13(12)14(11-18)15(19)20/h3-4,6-7,14H,2,5,8-11H2,1H3,(H,19,20). The second-order valence-electron chi connectivity index (χ2n) is 6.26. The molecule has 0 aromatic heterocycles. The van der Waals surface area contributed by atoms with Crippen LogP contribution in [0.5, 0.6) is 0 Å². The van der Waals surface area contributed by atoms with Crippen LogP contribution in [0, 0.1) is 5.41 Å². The highest BCUT2D eigenvalue weighted by Gasteiger charge is 2.46. The molecule has 1 aromatic carbocycles. The van der Waals surface area contributed by atoms with Gasteiger partial charge in [0.25, 0.3) is 0 Å². The maximum atomic E-state index is 12.8. The lowest BCUT2D eigenvalue weighted by Gasteiger charge is -2.45. The predicted molar refractivity (Wildman–Crippen MR) is 78.8 cm³/mol. The van der Waals surface area contributed by atoms with Gasteiger partial charge < -0.3 is 10.0 Å². The average Bonchev–Trinajstić information content (AvgIpc) is 2.45. The van der Waals surface area contributed by atoms with E-state index in [0.717, 1.165) is 36.8 Å². The molecule has 1 atom stereocenters. The second-order valence-corrected chi connectivity index (χ2v) is 6.26. The van der Waals surface area contributed by atoms with Crippen molar-refractivity contribution >= 4 is 11.9 Å². The fraction of sp³-hybridized carbons (Fsp3) is 0.529. The Labute approximate surface area is 124 Å². The third kappa shape index (κ3) is 2.23. The minimum atomic E-state index is -0.848. The van der Waals surface area contributed by atoms with E-state index < -0.39 is 11.9 Å². The van der Waals surface area contributed by atoms with Crippen molar-refractivity contribution in [3.8, 4) is 0 Å². The fourth-order valence-electron chi connectivity index (χ4n) is 3.63.